The lowest BCUT2D eigenvalue weighted by atomic mass is 9.95. The summed E-state index contributed by atoms with van der Waals surface area (Å²) in [5.74, 6) is 1.30. The number of rotatable bonds is 8. The van der Waals surface area contributed by atoms with Crippen molar-refractivity contribution in [2.75, 3.05) is 20.3 Å². The number of benzene rings is 2. The van der Waals surface area contributed by atoms with Crippen LogP contribution in [-0.2, 0) is 4.79 Å². The predicted octanol–water partition coefficient (Wildman–Crippen LogP) is 4.98. The number of hydrogen-bond acceptors (Lipinski definition) is 5. The van der Waals surface area contributed by atoms with Gasteiger partial charge in [-0.2, -0.15) is 8.78 Å². The Labute approximate surface area is 186 Å². The minimum Gasteiger partial charge on any atom is -0.493 e. The summed E-state index contributed by atoms with van der Waals surface area (Å²) >= 11 is 0. The first-order chi connectivity index (χ1) is 15.4. The highest BCUT2D eigenvalue weighted by molar-refractivity contribution is 5.92. The van der Waals surface area contributed by atoms with Crippen LogP contribution in [0, 0.1) is 5.92 Å². The quantitative estimate of drug-likeness (QED) is 0.578. The third-order valence-corrected chi connectivity index (χ3v) is 4.93. The maximum absolute atomic E-state index is 12.6. The highest BCUT2D eigenvalue weighted by Gasteiger charge is 2.20. The molecule has 6 nitrogen and oxygen atoms in total. The largest absolute Gasteiger partial charge is 0.493 e. The summed E-state index contributed by atoms with van der Waals surface area (Å²) in [6.07, 6.45) is 3.79. The highest BCUT2D eigenvalue weighted by atomic mass is 19.3. The van der Waals surface area contributed by atoms with Crippen LogP contribution >= 0.6 is 0 Å². The van der Waals surface area contributed by atoms with Gasteiger partial charge in [0.15, 0.2) is 23.0 Å². The lowest BCUT2D eigenvalue weighted by Crippen LogP contribution is -2.30. The highest BCUT2D eigenvalue weighted by Crippen LogP contribution is 2.34. The molecule has 0 aromatic heterocycles. The first-order valence-electron chi connectivity index (χ1n) is 10.4. The van der Waals surface area contributed by atoms with Crippen molar-refractivity contribution < 1.29 is 32.5 Å². The molecule has 0 fully saturated rings. The molecule has 1 unspecified atom stereocenters. The molecule has 1 aliphatic heterocycles. The van der Waals surface area contributed by atoms with E-state index in [9.17, 15) is 13.6 Å². The summed E-state index contributed by atoms with van der Waals surface area (Å²) in [6.45, 7) is 2.28. The number of carbonyl (C=O) groups is 1. The van der Waals surface area contributed by atoms with Crippen molar-refractivity contribution in [2.24, 2.45) is 5.92 Å². The van der Waals surface area contributed by atoms with Gasteiger partial charge in [0.2, 0.25) is 5.91 Å². The SMILES string of the molecule is COc1cc(/C=C/C(=O)NC(c2ccc3c(c2)OCCCO3)C(C)C)ccc1OC(F)F. The lowest BCUT2D eigenvalue weighted by molar-refractivity contribution is -0.117. The third-order valence-electron chi connectivity index (χ3n) is 4.93. The van der Waals surface area contributed by atoms with Gasteiger partial charge in [-0.05, 0) is 47.4 Å². The molecule has 0 radical (unpaired) electrons. The van der Waals surface area contributed by atoms with Crippen molar-refractivity contribution >= 4 is 12.0 Å². The molecule has 0 bridgehead atoms. The topological polar surface area (TPSA) is 66.0 Å². The third kappa shape index (κ3) is 6.12. The van der Waals surface area contributed by atoms with E-state index in [0.717, 1.165) is 12.0 Å². The standard InChI is InChI=1S/C24H27F2NO5/c1-15(2)23(17-7-9-18-21(14-17)31-12-4-11-30-18)27-22(28)10-6-16-5-8-19(32-24(25)26)20(13-16)29-3/h5-10,13-15,23-24H,4,11-12H2,1-3H3,(H,27,28)/b10-6+. The van der Waals surface area contributed by atoms with Crippen LogP contribution in [0.4, 0.5) is 8.78 Å². The minimum atomic E-state index is -2.95. The molecule has 0 saturated heterocycles. The number of methoxy groups -OCH3 is 1. The smallest absolute Gasteiger partial charge is 0.387 e. The van der Waals surface area contributed by atoms with E-state index in [1.165, 1.54) is 25.3 Å². The van der Waals surface area contributed by atoms with Crippen LogP contribution in [-0.4, -0.2) is 32.8 Å². The molecule has 2 aromatic carbocycles. The Morgan fingerprint density at radius 2 is 1.81 bits per heavy atom. The van der Waals surface area contributed by atoms with E-state index in [1.54, 1.807) is 12.1 Å². The van der Waals surface area contributed by atoms with Gasteiger partial charge < -0.3 is 24.3 Å². The number of carbonyl (C=O) groups excluding carboxylic acids is 1. The Hall–Kier alpha value is -3.29. The van der Waals surface area contributed by atoms with Gasteiger partial charge in [0.05, 0.1) is 26.4 Å². The van der Waals surface area contributed by atoms with Gasteiger partial charge >= 0.3 is 6.61 Å². The number of ether oxygens (including phenoxy) is 4. The van der Waals surface area contributed by atoms with E-state index in [0.29, 0.717) is 30.3 Å². The zero-order valence-corrected chi connectivity index (χ0v) is 18.3. The monoisotopic (exact) mass is 447 g/mol. The summed E-state index contributed by atoms with van der Waals surface area (Å²) in [7, 11) is 1.36. The van der Waals surface area contributed by atoms with Gasteiger partial charge in [0, 0.05) is 12.5 Å². The van der Waals surface area contributed by atoms with Crippen molar-refractivity contribution in [3.8, 4) is 23.0 Å². The molecule has 1 N–H and O–H groups in total. The zero-order valence-electron chi connectivity index (χ0n) is 18.3. The Kier molecular flexibility index (Phi) is 7.92. The molecule has 1 atom stereocenters. The first kappa shape index (κ1) is 23.4. The van der Waals surface area contributed by atoms with E-state index in [2.05, 4.69) is 10.1 Å². The summed E-state index contributed by atoms with van der Waals surface area (Å²) in [4.78, 5) is 12.6. The Morgan fingerprint density at radius 3 is 2.50 bits per heavy atom. The van der Waals surface area contributed by atoms with E-state index in [1.807, 2.05) is 32.0 Å². The fourth-order valence-corrected chi connectivity index (χ4v) is 3.36. The molecule has 1 amide bonds. The van der Waals surface area contributed by atoms with Gasteiger partial charge in [-0.1, -0.05) is 26.0 Å². The van der Waals surface area contributed by atoms with Crippen molar-refractivity contribution in [3.05, 3.63) is 53.6 Å². The van der Waals surface area contributed by atoms with Crippen molar-refractivity contribution in [1.82, 2.24) is 5.32 Å². The maximum atomic E-state index is 12.6. The molecule has 0 saturated carbocycles. The molecule has 2 aromatic rings. The molecule has 3 rings (SSSR count). The molecule has 0 aliphatic carbocycles. The van der Waals surface area contributed by atoms with Crippen LogP contribution in [0.3, 0.4) is 0 Å². The predicted molar refractivity (Wildman–Crippen MR) is 116 cm³/mol. The van der Waals surface area contributed by atoms with Gasteiger partial charge in [-0.3, -0.25) is 4.79 Å². The van der Waals surface area contributed by atoms with Crippen LogP contribution in [0.2, 0.25) is 0 Å². The van der Waals surface area contributed by atoms with Crippen LogP contribution in [0.1, 0.15) is 37.4 Å². The fourth-order valence-electron chi connectivity index (χ4n) is 3.36. The fraction of sp³-hybridized carbons (Fsp3) is 0.375. The Balaban J connectivity index is 1.72. The van der Waals surface area contributed by atoms with Crippen LogP contribution < -0.4 is 24.3 Å². The second-order valence-corrected chi connectivity index (χ2v) is 7.61. The normalized spacial score (nSPS) is 14.3. The number of nitrogens with one attached hydrogen (secondary N) is 1. The first-order valence-corrected chi connectivity index (χ1v) is 10.4. The molecular formula is C24H27F2NO5. The molecule has 172 valence electrons. The number of fused-ring (bicyclic) bond motifs is 1. The number of alkyl halides is 2. The average molecular weight is 447 g/mol. The second-order valence-electron chi connectivity index (χ2n) is 7.61. The molecule has 1 heterocycles. The minimum absolute atomic E-state index is 0.0709. The van der Waals surface area contributed by atoms with E-state index in [-0.39, 0.29) is 29.4 Å². The molecule has 0 spiro atoms. The van der Waals surface area contributed by atoms with E-state index >= 15 is 0 Å². The number of amides is 1. The number of hydrogen-bond donors (Lipinski definition) is 1. The molecule has 1 aliphatic rings. The van der Waals surface area contributed by atoms with Gasteiger partial charge in [0.1, 0.15) is 0 Å². The van der Waals surface area contributed by atoms with Gasteiger partial charge in [-0.15, -0.1) is 0 Å². The Morgan fingerprint density at radius 1 is 1.06 bits per heavy atom. The summed E-state index contributed by atoms with van der Waals surface area (Å²) in [6, 6.07) is 9.91. The summed E-state index contributed by atoms with van der Waals surface area (Å²) in [5.41, 5.74) is 1.52. The lowest BCUT2D eigenvalue weighted by Gasteiger charge is -2.23. The second kappa shape index (κ2) is 10.8. The van der Waals surface area contributed by atoms with Crippen molar-refractivity contribution in [3.63, 3.8) is 0 Å². The van der Waals surface area contributed by atoms with Crippen LogP contribution in [0.15, 0.2) is 42.5 Å². The zero-order chi connectivity index (χ0) is 23.1. The van der Waals surface area contributed by atoms with Gasteiger partial charge in [0.25, 0.3) is 0 Å². The van der Waals surface area contributed by atoms with Crippen LogP contribution in [0.5, 0.6) is 23.0 Å². The Bertz CT molecular complexity index is 961. The van der Waals surface area contributed by atoms with Crippen molar-refractivity contribution in [2.45, 2.75) is 32.9 Å². The molecule has 8 heteroatoms. The average Bonchev–Trinajstić information content (AvgIpc) is 3.01. The molecule has 32 heavy (non-hydrogen) atoms. The van der Waals surface area contributed by atoms with E-state index in [4.69, 9.17) is 14.2 Å². The number of halogens is 2. The molecular weight excluding hydrogens is 420 g/mol. The van der Waals surface area contributed by atoms with Crippen molar-refractivity contribution in [1.29, 1.82) is 0 Å². The van der Waals surface area contributed by atoms with Crippen LogP contribution in [0.25, 0.3) is 6.08 Å². The van der Waals surface area contributed by atoms with E-state index < -0.39 is 6.61 Å². The maximum Gasteiger partial charge on any atom is 0.387 e. The summed E-state index contributed by atoms with van der Waals surface area (Å²) < 4.78 is 45.9. The summed E-state index contributed by atoms with van der Waals surface area (Å²) in [5, 5.41) is 3.01. The van der Waals surface area contributed by atoms with Gasteiger partial charge in [-0.25, -0.2) is 0 Å².